The first-order chi connectivity index (χ1) is 13.9. The van der Waals surface area contributed by atoms with Crippen LogP contribution in [-0.4, -0.2) is 23.3 Å². The van der Waals surface area contributed by atoms with Gasteiger partial charge in [-0.05, 0) is 42.0 Å². The molecule has 4 rings (SSSR count). The minimum atomic E-state index is -0.592. The smallest absolute Gasteiger partial charge is 0.248 e. The summed E-state index contributed by atoms with van der Waals surface area (Å²) in [7, 11) is 0. The molecule has 0 atom stereocenters. The lowest BCUT2D eigenvalue weighted by atomic mass is 10.0. The molecule has 8 heteroatoms. The predicted octanol–water partition coefficient (Wildman–Crippen LogP) is 3.08. The van der Waals surface area contributed by atoms with Gasteiger partial charge in [0.15, 0.2) is 5.82 Å². The number of rotatable bonds is 4. The highest BCUT2D eigenvalue weighted by atomic mass is 19.1. The van der Waals surface area contributed by atoms with Crippen LogP contribution in [0.15, 0.2) is 54.7 Å². The van der Waals surface area contributed by atoms with Gasteiger partial charge in [0.25, 0.3) is 0 Å². The van der Waals surface area contributed by atoms with E-state index in [0.717, 1.165) is 23.8 Å². The Morgan fingerprint density at radius 3 is 2.59 bits per heavy atom. The average Bonchev–Trinajstić information content (AvgIpc) is 2.72. The summed E-state index contributed by atoms with van der Waals surface area (Å²) < 4.78 is 27.6. The third-order valence-corrected chi connectivity index (χ3v) is 4.71. The highest BCUT2D eigenvalue weighted by molar-refractivity contribution is 6.02. The molecule has 6 nitrogen and oxygen atoms in total. The largest absolute Gasteiger partial charge is 0.366 e. The Balaban J connectivity index is 1.72. The normalized spacial score (nSPS) is 13.0. The molecule has 0 bridgehead atoms. The van der Waals surface area contributed by atoms with Crippen molar-refractivity contribution in [3.63, 3.8) is 0 Å². The van der Waals surface area contributed by atoms with Crippen molar-refractivity contribution in [3.8, 4) is 11.1 Å². The Kier molecular flexibility index (Phi) is 4.67. The molecule has 0 saturated heterocycles. The van der Waals surface area contributed by atoms with Crippen LogP contribution in [0.4, 0.5) is 20.3 Å². The van der Waals surface area contributed by atoms with E-state index in [-0.39, 0.29) is 24.6 Å². The van der Waals surface area contributed by atoms with Crippen molar-refractivity contribution in [2.75, 3.05) is 16.8 Å². The number of nitrogens with one attached hydrogen (secondary N) is 1. The molecule has 0 aliphatic carbocycles. The van der Waals surface area contributed by atoms with Crippen LogP contribution < -0.4 is 16.0 Å². The van der Waals surface area contributed by atoms with Crippen LogP contribution in [0.25, 0.3) is 11.1 Å². The zero-order valence-electron chi connectivity index (χ0n) is 15.2. The van der Waals surface area contributed by atoms with Gasteiger partial charge in [-0.1, -0.05) is 12.1 Å². The fourth-order valence-corrected chi connectivity index (χ4v) is 3.18. The van der Waals surface area contributed by atoms with Crippen molar-refractivity contribution in [1.82, 2.24) is 4.98 Å². The third-order valence-electron chi connectivity index (χ3n) is 4.71. The minimum absolute atomic E-state index is 0.00356. The van der Waals surface area contributed by atoms with E-state index in [0.29, 0.717) is 22.6 Å². The molecule has 146 valence electrons. The van der Waals surface area contributed by atoms with Crippen LogP contribution in [-0.2, 0) is 11.3 Å². The molecule has 1 aliphatic rings. The highest BCUT2D eigenvalue weighted by Gasteiger charge is 2.26. The number of halogens is 2. The quantitative estimate of drug-likeness (QED) is 0.712. The summed E-state index contributed by atoms with van der Waals surface area (Å²) >= 11 is 0. The van der Waals surface area contributed by atoms with Crippen molar-refractivity contribution >= 4 is 23.3 Å². The number of fused-ring (bicyclic) bond motifs is 1. The molecule has 0 radical (unpaired) electrons. The van der Waals surface area contributed by atoms with Crippen molar-refractivity contribution < 1.29 is 18.4 Å². The van der Waals surface area contributed by atoms with Crippen LogP contribution in [0.5, 0.6) is 0 Å². The lowest BCUT2D eigenvalue weighted by molar-refractivity contribution is -0.117. The molecule has 0 unspecified atom stereocenters. The zero-order chi connectivity index (χ0) is 20.5. The topological polar surface area (TPSA) is 88.3 Å². The number of anilines is 2. The van der Waals surface area contributed by atoms with Crippen molar-refractivity contribution in [1.29, 1.82) is 0 Å². The van der Waals surface area contributed by atoms with Gasteiger partial charge >= 0.3 is 0 Å². The SMILES string of the molecule is NC(=O)c1ccc(-c2cnc3c(c2)N(Cc2cc(F)ccc2F)C(=O)CN3)cc1. The van der Waals surface area contributed by atoms with Gasteiger partial charge in [0.2, 0.25) is 11.8 Å². The van der Waals surface area contributed by atoms with Gasteiger partial charge in [-0.15, -0.1) is 0 Å². The molecule has 2 amide bonds. The third kappa shape index (κ3) is 3.64. The molecule has 0 saturated carbocycles. The fourth-order valence-electron chi connectivity index (χ4n) is 3.18. The number of nitrogens with zero attached hydrogens (tertiary/aromatic N) is 2. The second kappa shape index (κ2) is 7.31. The maximum Gasteiger partial charge on any atom is 0.248 e. The predicted molar refractivity (Wildman–Crippen MR) is 104 cm³/mol. The van der Waals surface area contributed by atoms with Gasteiger partial charge in [0.05, 0.1) is 18.8 Å². The second-order valence-corrected chi connectivity index (χ2v) is 6.60. The molecular weight excluding hydrogens is 378 g/mol. The summed E-state index contributed by atoms with van der Waals surface area (Å²) in [4.78, 5) is 29.5. The minimum Gasteiger partial charge on any atom is -0.366 e. The summed E-state index contributed by atoms with van der Waals surface area (Å²) in [5.41, 5.74) is 7.63. The Labute approximate surface area is 165 Å². The molecule has 1 aliphatic heterocycles. The molecule has 2 aromatic carbocycles. The van der Waals surface area contributed by atoms with E-state index in [1.165, 1.54) is 4.90 Å². The van der Waals surface area contributed by atoms with E-state index in [1.807, 2.05) is 0 Å². The van der Waals surface area contributed by atoms with Gasteiger partial charge in [-0.2, -0.15) is 0 Å². The average molecular weight is 394 g/mol. The van der Waals surface area contributed by atoms with Gasteiger partial charge in [0.1, 0.15) is 11.6 Å². The highest BCUT2D eigenvalue weighted by Crippen LogP contribution is 2.33. The number of carbonyl (C=O) groups excluding carboxylic acids is 2. The second-order valence-electron chi connectivity index (χ2n) is 6.60. The summed E-state index contributed by atoms with van der Waals surface area (Å²) in [5, 5.41) is 2.93. The van der Waals surface area contributed by atoms with Crippen LogP contribution in [0.2, 0.25) is 0 Å². The molecule has 1 aromatic heterocycles. The van der Waals surface area contributed by atoms with E-state index in [2.05, 4.69) is 10.3 Å². The van der Waals surface area contributed by atoms with E-state index >= 15 is 0 Å². The summed E-state index contributed by atoms with van der Waals surface area (Å²) in [6, 6.07) is 11.5. The molecule has 29 heavy (non-hydrogen) atoms. The lowest BCUT2D eigenvalue weighted by Crippen LogP contribution is -2.40. The molecule has 3 aromatic rings. The summed E-state index contributed by atoms with van der Waals surface area (Å²) in [6.07, 6.45) is 1.63. The first-order valence-corrected chi connectivity index (χ1v) is 8.81. The summed E-state index contributed by atoms with van der Waals surface area (Å²) in [5.74, 6) is -1.52. The molecule has 0 spiro atoms. The first kappa shape index (κ1) is 18.5. The van der Waals surface area contributed by atoms with Gasteiger partial charge < -0.3 is 16.0 Å². The van der Waals surface area contributed by atoms with E-state index < -0.39 is 17.5 Å². The van der Waals surface area contributed by atoms with Crippen LogP contribution >= 0.6 is 0 Å². The Morgan fingerprint density at radius 1 is 1.10 bits per heavy atom. The molecule has 2 heterocycles. The number of pyridine rings is 1. The van der Waals surface area contributed by atoms with E-state index in [4.69, 9.17) is 5.73 Å². The Bertz CT molecular complexity index is 1120. The van der Waals surface area contributed by atoms with Gasteiger partial charge in [-0.25, -0.2) is 13.8 Å². The zero-order valence-corrected chi connectivity index (χ0v) is 15.2. The first-order valence-electron chi connectivity index (χ1n) is 8.81. The van der Waals surface area contributed by atoms with E-state index in [9.17, 15) is 18.4 Å². The maximum atomic E-state index is 14.1. The lowest BCUT2D eigenvalue weighted by Gasteiger charge is -2.30. The Hall–Kier alpha value is -3.81. The summed E-state index contributed by atoms with van der Waals surface area (Å²) in [6.45, 7) is -0.119. The number of aromatic nitrogens is 1. The van der Waals surface area contributed by atoms with Crippen LogP contribution in [0, 0.1) is 11.6 Å². The van der Waals surface area contributed by atoms with Gasteiger partial charge in [0, 0.05) is 22.9 Å². The standard InChI is InChI=1S/C21H16F2N4O2/c22-16-5-6-17(23)15(7-16)11-27-18-8-14(9-25-21(18)26-10-19(27)28)12-1-3-13(4-2-12)20(24)29/h1-9H,10-11H2,(H2,24,29)(H,25,26). The van der Waals surface area contributed by atoms with Gasteiger partial charge in [-0.3, -0.25) is 9.59 Å². The monoisotopic (exact) mass is 394 g/mol. The number of benzene rings is 2. The van der Waals surface area contributed by atoms with Crippen LogP contribution in [0.1, 0.15) is 15.9 Å². The number of amides is 2. The number of nitrogens with two attached hydrogens (primary N) is 1. The Morgan fingerprint density at radius 2 is 1.86 bits per heavy atom. The van der Waals surface area contributed by atoms with E-state index in [1.54, 1.807) is 36.5 Å². The number of carbonyl (C=O) groups is 2. The molecule has 3 N–H and O–H groups in total. The number of hydrogen-bond donors (Lipinski definition) is 2. The van der Waals surface area contributed by atoms with Crippen molar-refractivity contribution in [2.45, 2.75) is 6.54 Å². The van der Waals surface area contributed by atoms with Crippen molar-refractivity contribution in [2.24, 2.45) is 5.73 Å². The maximum absolute atomic E-state index is 14.1. The fraction of sp³-hybridized carbons (Fsp3) is 0.0952. The number of hydrogen-bond acceptors (Lipinski definition) is 4. The van der Waals surface area contributed by atoms with Crippen molar-refractivity contribution in [3.05, 3.63) is 77.5 Å². The van der Waals surface area contributed by atoms with Crippen LogP contribution in [0.3, 0.4) is 0 Å². The molecule has 0 fully saturated rings. The number of primary amides is 1. The molecular formula is C21H16F2N4O2.